The summed E-state index contributed by atoms with van der Waals surface area (Å²) in [7, 11) is 0. The Hall–Kier alpha value is -1.61. The van der Waals surface area contributed by atoms with Gasteiger partial charge in [0.2, 0.25) is 0 Å². The molecule has 0 bridgehead atoms. The minimum atomic E-state index is -0.377. The van der Waals surface area contributed by atoms with Gasteiger partial charge in [0.15, 0.2) is 0 Å². The molecule has 1 atom stereocenters. The molecule has 3 nitrogen and oxygen atoms in total. The minimum Gasteiger partial charge on any atom is -0.340 e. The number of H-pyrrole nitrogens is 1. The summed E-state index contributed by atoms with van der Waals surface area (Å²) in [6.45, 7) is 4.01. The Labute approximate surface area is 104 Å². The summed E-state index contributed by atoms with van der Waals surface area (Å²) in [5.74, 6) is 0.850. The van der Waals surface area contributed by atoms with Crippen LogP contribution >= 0.6 is 11.6 Å². The second kappa shape index (κ2) is 3.44. The molecule has 1 N–H and O–H groups in total. The van der Waals surface area contributed by atoms with Gasteiger partial charge >= 0.3 is 0 Å². The molecule has 17 heavy (non-hydrogen) atoms. The Kier molecular flexibility index (Phi) is 2.13. The summed E-state index contributed by atoms with van der Waals surface area (Å²) in [6.07, 6.45) is 5.77. The maximum Gasteiger partial charge on any atom is 0.139 e. The van der Waals surface area contributed by atoms with Crippen LogP contribution in [0, 0.1) is 6.92 Å². The molecule has 0 saturated carbocycles. The van der Waals surface area contributed by atoms with Crippen molar-refractivity contribution in [3.63, 3.8) is 0 Å². The number of hydrogen-bond acceptors (Lipinski definition) is 2. The van der Waals surface area contributed by atoms with Crippen LogP contribution in [-0.4, -0.2) is 16.2 Å². The van der Waals surface area contributed by atoms with E-state index in [0.29, 0.717) is 0 Å². The maximum atomic E-state index is 6.09. The number of benzene rings is 1. The molecule has 0 fully saturated rings. The number of nitrogens with zero attached hydrogens (tertiary/aromatic N) is 2. The topological polar surface area (TPSA) is 41.0 Å². The Bertz CT molecular complexity index is 640. The lowest BCUT2D eigenvalue weighted by atomic mass is 10.0. The third kappa shape index (κ3) is 1.50. The highest BCUT2D eigenvalue weighted by Gasteiger charge is 2.28. The summed E-state index contributed by atoms with van der Waals surface area (Å²) in [5.41, 5.74) is 2.54. The molecule has 0 saturated heterocycles. The van der Waals surface area contributed by atoms with Crippen molar-refractivity contribution in [2.24, 2.45) is 4.99 Å². The van der Waals surface area contributed by atoms with Crippen molar-refractivity contribution in [2.45, 2.75) is 19.4 Å². The Morgan fingerprint density at radius 3 is 2.88 bits per heavy atom. The monoisotopic (exact) mass is 245 g/mol. The molecule has 86 valence electrons. The van der Waals surface area contributed by atoms with Gasteiger partial charge < -0.3 is 4.98 Å². The summed E-state index contributed by atoms with van der Waals surface area (Å²) in [6, 6.07) is 3.84. The van der Waals surface area contributed by atoms with E-state index in [2.05, 4.69) is 15.0 Å². The average Bonchev–Trinajstić information content (AvgIpc) is 2.91. The van der Waals surface area contributed by atoms with Crippen LogP contribution in [0.3, 0.4) is 0 Å². The van der Waals surface area contributed by atoms with Crippen molar-refractivity contribution in [3.05, 3.63) is 40.7 Å². The van der Waals surface area contributed by atoms with E-state index in [1.54, 1.807) is 6.21 Å². The number of aromatic nitrogens is 2. The van der Waals surface area contributed by atoms with Crippen LogP contribution in [0.1, 0.15) is 18.3 Å². The lowest BCUT2D eigenvalue weighted by molar-refractivity contribution is 0.607. The van der Waals surface area contributed by atoms with Gasteiger partial charge in [-0.3, -0.25) is 4.99 Å². The molecule has 0 spiro atoms. The number of aliphatic imine (C=N–C) groups is 1. The summed E-state index contributed by atoms with van der Waals surface area (Å²) in [4.78, 5) is 12.4. The zero-order valence-corrected chi connectivity index (χ0v) is 10.4. The van der Waals surface area contributed by atoms with Gasteiger partial charge in [-0.2, -0.15) is 0 Å². The maximum absolute atomic E-state index is 6.09. The Balaban J connectivity index is 2.24. The van der Waals surface area contributed by atoms with E-state index >= 15 is 0 Å². The van der Waals surface area contributed by atoms with Crippen LogP contribution in [0.5, 0.6) is 0 Å². The van der Waals surface area contributed by atoms with Gasteiger partial charge in [-0.15, -0.1) is 0 Å². The number of nitrogens with one attached hydrogen (secondary N) is 1. The number of imidazole rings is 1. The second-order valence-corrected chi connectivity index (χ2v) is 4.85. The number of aromatic amines is 1. The lowest BCUT2D eigenvalue weighted by Gasteiger charge is -2.14. The van der Waals surface area contributed by atoms with E-state index in [9.17, 15) is 0 Å². The highest BCUT2D eigenvalue weighted by atomic mass is 35.5. The molecule has 3 rings (SSSR count). The first kappa shape index (κ1) is 10.5. The molecular formula is C13H12ClN3. The predicted octanol–water partition coefficient (Wildman–Crippen LogP) is 3.38. The van der Waals surface area contributed by atoms with Crippen molar-refractivity contribution in [1.82, 2.24) is 9.97 Å². The second-order valence-electron chi connectivity index (χ2n) is 4.44. The van der Waals surface area contributed by atoms with Gasteiger partial charge in [0.05, 0.1) is 11.0 Å². The van der Waals surface area contributed by atoms with Crippen LogP contribution in [0.2, 0.25) is 5.02 Å². The molecule has 1 aromatic carbocycles. The van der Waals surface area contributed by atoms with Gasteiger partial charge in [0, 0.05) is 11.2 Å². The van der Waals surface area contributed by atoms with Crippen molar-refractivity contribution in [3.8, 4) is 0 Å². The zero-order valence-electron chi connectivity index (χ0n) is 9.66. The molecule has 0 radical (unpaired) electrons. The third-order valence-electron chi connectivity index (χ3n) is 3.17. The van der Waals surface area contributed by atoms with Gasteiger partial charge in [0.1, 0.15) is 11.4 Å². The molecule has 1 aliphatic rings. The van der Waals surface area contributed by atoms with Crippen LogP contribution in [0.25, 0.3) is 11.0 Å². The van der Waals surface area contributed by atoms with Crippen molar-refractivity contribution >= 4 is 28.8 Å². The fraction of sp³-hybridized carbons (Fsp3) is 0.231. The van der Waals surface area contributed by atoms with E-state index in [4.69, 9.17) is 11.6 Å². The van der Waals surface area contributed by atoms with Gasteiger partial charge in [-0.05, 0) is 43.7 Å². The van der Waals surface area contributed by atoms with Crippen molar-refractivity contribution in [1.29, 1.82) is 0 Å². The van der Waals surface area contributed by atoms with E-state index < -0.39 is 0 Å². The highest BCUT2D eigenvalue weighted by molar-refractivity contribution is 6.32. The number of halogens is 1. The molecular weight excluding hydrogens is 234 g/mol. The van der Waals surface area contributed by atoms with Crippen LogP contribution in [-0.2, 0) is 5.54 Å². The number of allylic oxidation sites excluding steroid dienone is 1. The zero-order chi connectivity index (χ0) is 12.0. The number of aryl methyl sites for hydroxylation is 1. The van der Waals surface area contributed by atoms with Crippen LogP contribution in [0.15, 0.2) is 29.3 Å². The van der Waals surface area contributed by atoms with Crippen molar-refractivity contribution in [2.75, 3.05) is 0 Å². The first-order chi connectivity index (χ1) is 8.10. The molecule has 0 unspecified atom stereocenters. The normalized spacial score (nSPS) is 22.8. The van der Waals surface area contributed by atoms with E-state index in [0.717, 1.165) is 27.4 Å². The standard InChI is InChI=1S/C13H12ClN3/c1-8-9(14)4-5-10-11(8)17-12(16-10)13(2)6-3-7-15-13/h3-7H,1-2H3,(H,16,17)/t13-/m0/s1. The number of rotatable bonds is 1. The van der Waals surface area contributed by atoms with E-state index in [-0.39, 0.29) is 5.54 Å². The fourth-order valence-corrected chi connectivity index (χ4v) is 2.19. The van der Waals surface area contributed by atoms with Crippen LogP contribution in [0.4, 0.5) is 0 Å². The predicted molar refractivity (Wildman–Crippen MR) is 70.8 cm³/mol. The number of hydrogen-bond donors (Lipinski definition) is 1. The quantitative estimate of drug-likeness (QED) is 0.822. The molecule has 0 aliphatic carbocycles. The molecule has 4 heteroatoms. The smallest absolute Gasteiger partial charge is 0.139 e. The summed E-state index contributed by atoms with van der Waals surface area (Å²) < 4.78 is 0. The Morgan fingerprint density at radius 2 is 2.18 bits per heavy atom. The molecule has 2 heterocycles. The van der Waals surface area contributed by atoms with Crippen LogP contribution < -0.4 is 0 Å². The SMILES string of the molecule is Cc1c(Cl)ccc2[nH]c([C@]3(C)C=CC=N3)nc12. The molecule has 2 aromatic rings. The average molecular weight is 246 g/mol. The van der Waals surface area contributed by atoms with E-state index in [1.807, 2.05) is 38.1 Å². The first-order valence-electron chi connectivity index (χ1n) is 5.48. The summed E-state index contributed by atoms with van der Waals surface area (Å²) >= 11 is 6.09. The molecule has 0 amide bonds. The van der Waals surface area contributed by atoms with Gasteiger partial charge in [-0.1, -0.05) is 11.6 Å². The van der Waals surface area contributed by atoms with Gasteiger partial charge in [0.25, 0.3) is 0 Å². The Morgan fingerprint density at radius 1 is 1.35 bits per heavy atom. The first-order valence-corrected chi connectivity index (χ1v) is 5.86. The minimum absolute atomic E-state index is 0.377. The van der Waals surface area contributed by atoms with Gasteiger partial charge in [-0.25, -0.2) is 4.98 Å². The van der Waals surface area contributed by atoms with E-state index in [1.165, 1.54) is 0 Å². The lowest BCUT2D eigenvalue weighted by Crippen LogP contribution is -2.15. The van der Waals surface area contributed by atoms with Crippen molar-refractivity contribution < 1.29 is 0 Å². The largest absolute Gasteiger partial charge is 0.340 e. The fourth-order valence-electron chi connectivity index (χ4n) is 2.04. The summed E-state index contributed by atoms with van der Waals surface area (Å²) in [5, 5.41) is 0.742. The number of fused-ring (bicyclic) bond motifs is 1. The molecule has 1 aromatic heterocycles. The molecule has 1 aliphatic heterocycles. The third-order valence-corrected chi connectivity index (χ3v) is 3.58. The highest BCUT2D eigenvalue weighted by Crippen LogP contribution is 2.31.